The quantitative estimate of drug-likeness (QED) is 0.655. The minimum atomic E-state index is -0.269. The largest absolute Gasteiger partial charge is 0.497 e. The molecule has 0 aliphatic heterocycles. The van der Waals surface area contributed by atoms with Crippen LogP contribution in [0.4, 0.5) is 11.6 Å². The summed E-state index contributed by atoms with van der Waals surface area (Å²) in [5.74, 6) is 1.57. The molecule has 0 spiro atoms. The van der Waals surface area contributed by atoms with Crippen molar-refractivity contribution >= 4 is 17.5 Å². The van der Waals surface area contributed by atoms with Crippen LogP contribution < -0.4 is 20.1 Å². The van der Waals surface area contributed by atoms with Crippen molar-refractivity contribution in [3.8, 4) is 11.5 Å². The molecule has 0 bridgehead atoms. The van der Waals surface area contributed by atoms with Gasteiger partial charge in [0.25, 0.3) is 5.91 Å². The molecule has 3 aromatic rings. The van der Waals surface area contributed by atoms with Crippen LogP contribution in [0.25, 0.3) is 0 Å². The maximum Gasteiger partial charge on any atom is 0.270 e. The Morgan fingerprint density at radius 1 is 0.964 bits per heavy atom. The van der Waals surface area contributed by atoms with Crippen LogP contribution in [0.1, 0.15) is 21.7 Å². The van der Waals surface area contributed by atoms with E-state index in [4.69, 9.17) is 9.47 Å². The number of carbonyl (C=O) groups is 1. The van der Waals surface area contributed by atoms with Gasteiger partial charge in [-0.15, -0.1) is 0 Å². The fourth-order valence-electron chi connectivity index (χ4n) is 2.59. The van der Waals surface area contributed by atoms with E-state index in [1.807, 2.05) is 55.5 Å². The van der Waals surface area contributed by atoms with Crippen molar-refractivity contribution in [1.29, 1.82) is 0 Å². The van der Waals surface area contributed by atoms with E-state index >= 15 is 0 Å². The van der Waals surface area contributed by atoms with Crippen LogP contribution >= 0.6 is 0 Å². The molecule has 7 heteroatoms. The molecule has 3 rings (SSSR count). The SMILES string of the molecule is COc1ccc(CNC(=O)c2cc(C)nc(Nc3cccc(OC)c3)n2)cc1. The third-order valence-electron chi connectivity index (χ3n) is 4.02. The number of aryl methyl sites for hydroxylation is 1. The smallest absolute Gasteiger partial charge is 0.270 e. The molecule has 0 radical (unpaired) electrons. The van der Waals surface area contributed by atoms with Crippen LogP contribution in [0.2, 0.25) is 0 Å². The molecule has 1 aromatic heterocycles. The highest BCUT2D eigenvalue weighted by atomic mass is 16.5. The maximum atomic E-state index is 12.5. The lowest BCUT2D eigenvalue weighted by Gasteiger charge is -2.10. The fraction of sp³-hybridized carbons (Fsp3) is 0.190. The highest BCUT2D eigenvalue weighted by molar-refractivity contribution is 5.92. The summed E-state index contributed by atoms with van der Waals surface area (Å²) in [6, 6.07) is 16.6. The first kappa shape index (κ1) is 19.2. The van der Waals surface area contributed by atoms with E-state index in [2.05, 4.69) is 20.6 Å². The topological polar surface area (TPSA) is 85.4 Å². The fourth-order valence-corrected chi connectivity index (χ4v) is 2.59. The molecule has 1 amide bonds. The Hall–Kier alpha value is -3.61. The number of hydrogen-bond acceptors (Lipinski definition) is 6. The Balaban J connectivity index is 1.69. The Labute approximate surface area is 163 Å². The van der Waals surface area contributed by atoms with Gasteiger partial charge >= 0.3 is 0 Å². The van der Waals surface area contributed by atoms with Crippen LogP contribution in [0.15, 0.2) is 54.6 Å². The predicted octanol–water partition coefficient (Wildman–Crippen LogP) is 3.48. The van der Waals surface area contributed by atoms with E-state index in [0.29, 0.717) is 23.9 Å². The van der Waals surface area contributed by atoms with E-state index in [1.54, 1.807) is 20.3 Å². The molecule has 0 aliphatic rings. The minimum absolute atomic E-state index is 0.269. The lowest BCUT2D eigenvalue weighted by atomic mass is 10.2. The number of nitrogens with zero attached hydrogens (tertiary/aromatic N) is 2. The van der Waals surface area contributed by atoms with Gasteiger partial charge in [0.05, 0.1) is 14.2 Å². The number of methoxy groups -OCH3 is 2. The highest BCUT2D eigenvalue weighted by Crippen LogP contribution is 2.20. The third-order valence-corrected chi connectivity index (χ3v) is 4.02. The number of aromatic nitrogens is 2. The number of nitrogens with one attached hydrogen (secondary N) is 2. The van der Waals surface area contributed by atoms with Crippen LogP contribution in [-0.4, -0.2) is 30.1 Å². The van der Waals surface area contributed by atoms with Crippen molar-refractivity contribution < 1.29 is 14.3 Å². The standard InChI is InChI=1S/C21H22N4O3/c1-14-11-19(20(26)22-13-15-7-9-17(27-2)10-8-15)25-21(23-14)24-16-5-4-6-18(12-16)28-3/h4-12H,13H2,1-3H3,(H,22,26)(H,23,24,25). The van der Waals surface area contributed by atoms with Crippen LogP contribution in [0, 0.1) is 6.92 Å². The molecule has 2 N–H and O–H groups in total. The van der Waals surface area contributed by atoms with Crippen LogP contribution in [0.3, 0.4) is 0 Å². The third kappa shape index (κ3) is 4.97. The molecule has 7 nitrogen and oxygen atoms in total. The van der Waals surface area contributed by atoms with Crippen LogP contribution in [0.5, 0.6) is 11.5 Å². The number of hydrogen-bond donors (Lipinski definition) is 2. The molecule has 28 heavy (non-hydrogen) atoms. The molecule has 0 atom stereocenters. The Bertz CT molecular complexity index is 958. The molecular formula is C21H22N4O3. The van der Waals surface area contributed by atoms with Gasteiger partial charge in [-0.1, -0.05) is 18.2 Å². The minimum Gasteiger partial charge on any atom is -0.497 e. The molecule has 144 valence electrons. The summed E-state index contributed by atoms with van der Waals surface area (Å²) >= 11 is 0. The molecule has 1 heterocycles. The van der Waals surface area contributed by atoms with Gasteiger partial charge in [-0.25, -0.2) is 9.97 Å². The summed E-state index contributed by atoms with van der Waals surface area (Å²) in [6.45, 7) is 2.21. The number of anilines is 2. The van der Waals surface area contributed by atoms with Gasteiger partial charge in [0.1, 0.15) is 17.2 Å². The number of ether oxygens (including phenoxy) is 2. The monoisotopic (exact) mass is 378 g/mol. The normalized spacial score (nSPS) is 10.2. The van der Waals surface area contributed by atoms with Gasteiger partial charge in [0, 0.05) is 24.0 Å². The first-order chi connectivity index (χ1) is 13.6. The molecule has 0 unspecified atom stereocenters. The molecule has 0 fully saturated rings. The zero-order valence-corrected chi connectivity index (χ0v) is 16.0. The number of amides is 1. The van der Waals surface area contributed by atoms with Crippen molar-refractivity contribution in [1.82, 2.24) is 15.3 Å². The Morgan fingerprint density at radius 2 is 1.71 bits per heavy atom. The van der Waals surface area contributed by atoms with Gasteiger partial charge in [-0.05, 0) is 42.8 Å². The van der Waals surface area contributed by atoms with E-state index in [1.165, 1.54) is 0 Å². The van der Waals surface area contributed by atoms with Gasteiger partial charge in [0.15, 0.2) is 0 Å². The van der Waals surface area contributed by atoms with E-state index in [-0.39, 0.29) is 5.91 Å². The van der Waals surface area contributed by atoms with Crippen LogP contribution in [-0.2, 0) is 6.54 Å². The predicted molar refractivity (Wildman–Crippen MR) is 107 cm³/mol. The molecule has 2 aromatic carbocycles. The summed E-state index contributed by atoms with van der Waals surface area (Å²) in [6.07, 6.45) is 0. The molecule has 0 saturated carbocycles. The molecule has 0 saturated heterocycles. The first-order valence-corrected chi connectivity index (χ1v) is 8.75. The average Bonchev–Trinajstić information content (AvgIpc) is 2.72. The van der Waals surface area contributed by atoms with Gasteiger partial charge < -0.3 is 20.1 Å². The van der Waals surface area contributed by atoms with Crippen molar-refractivity contribution in [3.63, 3.8) is 0 Å². The highest BCUT2D eigenvalue weighted by Gasteiger charge is 2.11. The van der Waals surface area contributed by atoms with Gasteiger partial charge in [0.2, 0.25) is 5.95 Å². The number of benzene rings is 2. The van der Waals surface area contributed by atoms with E-state index in [0.717, 1.165) is 22.7 Å². The Morgan fingerprint density at radius 3 is 2.43 bits per heavy atom. The zero-order chi connectivity index (χ0) is 19.9. The molecular weight excluding hydrogens is 356 g/mol. The van der Waals surface area contributed by atoms with Crippen molar-refractivity contribution in [2.45, 2.75) is 13.5 Å². The Kier molecular flexibility index (Phi) is 6.06. The summed E-state index contributed by atoms with van der Waals surface area (Å²) in [4.78, 5) is 21.2. The lowest BCUT2D eigenvalue weighted by Crippen LogP contribution is -2.24. The van der Waals surface area contributed by atoms with Gasteiger partial charge in [-0.3, -0.25) is 4.79 Å². The molecule has 0 aliphatic carbocycles. The first-order valence-electron chi connectivity index (χ1n) is 8.75. The van der Waals surface area contributed by atoms with Crippen molar-refractivity contribution in [2.75, 3.05) is 19.5 Å². The maximum absolute atomic E-state index is 12.5. The zero-order valence-electron chi connectivity index (χ0n) is 16.0. The second-order valence-corrected chi connectivity index (χ2v) is 6.11. The summed E-state index contributed by atoms with van der Waals surface area (Å²) < 4.78 is 10.3. The van der Waals surface area contributed by atoms with Gasteiger partial charge in [-0.2, -0.15) is 0 Å². The van der Waals surface area contributed by atoms with E-state index in [9.17, 15) is 4.79 Å². The van der Waals surface area contributed by atoms with Crippen molar-refractivity contribution in [2.24, 2.45) is 0 Å². The number of rotatable bonds is 7. The summed E-state index contributed by atoms with van der Waals surface area (Å²) in [7, 11) is 3.22. The average molecular weight is 378 g/mol. The lowest BCUT2D eigenvalue weighted by molar-refractivity contribution is 0.0945. The van der Waals surface area contributed by atoms with E-state index < -0.39 is 0 Å². The summed E-state index contributed by atoms with van der Waals surface area (Å²) in [5, 5.41) is 5.98. The van der Waals surface area contributed by atoms with Crippen molar-refractivity contribution in [3.05, 3.63) is 71.5 Å². The second kappa shape index (κ2) is 8.85. The number of carbonyl (C=O) groups excluding carboxylic acids is 1. The second-order valence-electron chi connectivity index (χ2n) is 6.11. The summed E-state index contributed by atoms with van der Waals surface area (Å²) in [5.41, 5.74) is 2.73.